The van der Waals surface area contributed by atoms with Crippen molar-refractivity contribution in [3.8, 4) is 0 Å². The van der Waals surface area contributed by atoms with Crippen molar-refractivity contribution in [3.63, 3.8) is 0 Å². The van der Waals surface area contributed by atoms with Crippen molar-refractivity contribution in [3.05, 3.63) is 60.2 Å². The molecule has 1 atom stereocenters. The van der Waals surface area contributed by atoms with Gasteiger partial charge in [0.25, 0.3) is 0 Å². The molecule has 0 amide bonds. The van der Waals surface area contributed by atoms with Crippen LogP contribution in [0.1, 0.15) is 12.0 Å². The fraction of sp³-hybridized carbons (Fsp3) is 0.250. The first-order chi connectivity index (χ1) is 8.73. The normalized spacial score (nSPS) is 23.7. The summed E-state index contributed by atoms with van der Waals surface area (Å²) in [6.07, 6.45) is 0.899. The van der Waals surface area contributed by atoms with Gasteiger partial charge in [-0.05, 0) is 28.0 Å². The van der Waals surface area contributed by atoms with Crippen LogP contribution in [0.25, 0.3) is 10.8 Å². The van der Waals surface area contributed by atoms with Crippen molar-refractivity contribution in [1.29, 1.82) is 0 Å². The zero-order valence-corrected chi connectivity index (χ0v) is 11.7. The minimum atomic E-state index is -0.235. The predicted molar refractivity (Wildman–Crippen MR) is 79.1 cm³/mol. The van der Waals surface area contributed by atoms with Gasteiger partial charge in [-0.3, -0.25) is 0 Å². The molecule has 1 fully saturated rings. The molecule has 1 aliphatic heterocycles. The molecule has 0 N–H and O–H groups in total. The highest BCUT2D eigenvalue weighted by molar-refractivity contribution is 9.09. The Kier molecular flexibility index (Phi) is 3.00. The van der Waals surface area contributed by atoms with E-state index in [0.29, 0.717) is 6.61 Å². The standard InChI is InChI=1S/C16H15BrO/c1-12-9-16(11-17,18-10-12)15-7-6-13-4-2-3-5-14(13)8-15/h2-8H,1,9-11H2. The Hall–Kier alpha value is -1.12. The zero-order valence-electron chi connectivity index (χ0n) is 10.2. The van der Waals surface area contributed by atoms with Crippen LogP contribution in [-0.2, 0) is 10.3 Å². The van der Waals surface area contributed by atoms with Crippen LogP contribution in [0.2, 0.25) is 0 Å². The molecular formula is C16H15BrO. The molecule has 0 aliphatic carbocycles. The van der Waals surface area contributed by atoms with E-state index in [-0.39, 0.29) is 5.60 Å². The number of halogens is 1. The molecule has 0 bridgehead atoms. The van der Waals surface area contributed by atoms with Crippen LogP contribution in [0.15, 0.2) is 54.6 Å². The Labute approximate surface area is 116 Å². The number of hydrogen-bond acceptors (Lipinski definition) is 1. The van der Waals surface area contributed by atoms with Crippen molar-refractivity contribution in [2.24, 2.45) is 0 Å². The third-order valence-corrected chi connectivity index (χ3v) is 4.49. The molecule has 2 aromatic carbocycles. The smallest absolute Gasteiger partial charge is 0.107 e. The minimum absolute atomic E-state index is 0.235. The van der Waals surface area contributed by atoms with Crippen molar-refractivity contribution in [1.82, 2.24) is 0 Å². The number of rotatable bonds is 2. The van der Waals surface area contributed by atoms with E-state index in [0.717, 1.165) is 11.8 Å². The summed E-state index contributed by atoms with van der Waals surface area (Å²) >= 11 is 3.60. The second-order valence-corrected chi connectivity index (χ2v) is 5.47. The molecule has 2 heteroatoms. The van der Waals surface area contributed by atoms with Gasteiger partial charge in [0.05, 0.1) is 6.61 Å². The lowest BCUT2D eigenvalue weighted by atomic mass is 9.90. The van der Waals surface area contributed by atoms with Crippen LogP contribution in [0, 0.1) is 0 Å². The van der Waals surface area contributed by atoms with Gasteiger partial charge in [-0.2, -0.15) is 0 Å². The van der Waals surface area contributed by atoms with Crippen LogP contribution in [0.5, 0.6) is 0 Å². The lowest BCUT2D eigenvalue weighted by molar-refractivity contribution is 0.0232. The highest BCUT2D eigenvalue weighted by Gasteiger charge is 2.37. The molecule has 92 valence electrons. The van der Waals surface area contributed by atoms with Gasteiger partial charge in [-0.1, -0.05) is 58.9 Å². The molecule has 0 spiro atoms. The first-order valence-corrected chi connectivity index (χ1v) is 7.21. The Morgan fingerprint density at radius 3 is 2.61 bits per heavy atom. The van der Waals surface area contributed by atoms with Gasteiger partial charge in [0.1, 0.15) is 5.60 Å². The summed E-state index contributed by atoms with van der Waals surface area (Å²) in [5.74, 6) is 0. The fourth-order valence-electron chi connectivity index (χ4n) is 2.57. The summed E-state index contributed by atoms with van der Waals surface area (Å²) < 4.78 is 5.99. The van der Waals surface area contributed by atoms with E-state index in [1.807, 2.05) is 0 Å². The van der Waals surface area contributed by atoms with Crippen molar-refractivity contribution in [2.75, 3.05) is 11.9 Å². The summed E-state index contributed by atoms with van der Waals surface area (Å²) in [6.45, 7) is 4.70. The van der Waals surface area contributed by atoms with E-state index in [1.165, 1.54) is 21.9 Å². The Bertz CT molecular complexity index is 605. The first kappa shape index (κ1) is 11.9. The Balaban J connectivity index is 2.10. The van der Waals surface area contributed by atoms with E-state index >= 15 is 0 Å². The molecule has 0 aromatic heterocycles. The van der Waals surface area contributed by atoms with Crippen LogP contribution >= 0.6 is 15.9 Å². The molecule has 1 unspecified atom stereocenters. The molecule has 3 rings (SSSR count). The van der Waals surface area contributed by atoms with Gasteiger partial charge in [0, 0.05) is 11.8 Å². The number of ether oxygens (including phenoxy) is 1. The summed E-state index contributed by atoms with van der Waals surface area (Å²) in [5, 5.41) is 3.33. The number of benzene rings is 2. The molecule has 1 nitrogen and oxygen atoms in total. The average molecular weight is 303 g/mol. The van der Waals surface area contributed by atoms with Crippen molar-refractivity contribution >= 4 is 26.7 Å². The SMILES string of the molecule is C=C1COC(CBr)(c2ccc3ccccc3c2)C1. The van der Waals surface area contributed by atoms with Crippen LogP contribution in [0.3, 0.4) is 0 Å². The van der Waals surface area contributed by atoms with E-state index < -0.39 is 0 Å². The maximum atomic E-state index is 5.99. The van der Waals surface area contributed by atoms with E-state index in [4.69, 9.17) is 4.74 Å². The molecule has 18 heavy (non-hydrogen) atoms. The molecule has 1 heterocycles. The first-order valence-electron chi connectivity index (χ1n) is 6.09. The topological polar surface area (TPSA) is 9.23 Å². The molecule has 2 aromatic rings. The minimum Gasteiger partial charge on any atom is -0.365 e. The number of alkyl halides is 1. The van der Waals surface area contributed by atoms with Gasteiger partial charge < -0.3 is 4.74 Å². The highest BCUT2D eigenvalue weighted by Crippen LogP contribution is 2.40. The van der Waals surface area contributed by atoms with E-state index in [2.05, 4.69) is 65.0 Å². The monoisotopic (exact) mass is 302 g/mol. The van der Waals surface area contributed by atoms with Gasteiger partial charge in [-0.25, -0.2) is 0 Å². The summed E-state index contributed by atoms with van der Waals surface area (Å²) in [4.78, 5) is 0. The van der Waals surface area contributed by atoms with Crippen LogP contribution < -0.4 is 0 Å². The third-order valence-electron chi connectivity index (χ3n) is 3.58. The second-order valence-electron chi connectivity index (χ2n) is 4.91. The summed E-state index contributed by atoms with van der Waals surface area (Å²) in [5.41, 5.74) is 2.17. The lowest BCUT2D eigenvalue weighted by Crippen LogP contribution is -2.26. The average Bonchev–Trinajstić information content (AvgIpc) is 2.81. The quantitative estimate of drug-likeness (QED) is 0.590. The molecular weight excluding hydrogens is 288 g/mol. The van der Waals surface area contributed by atoms with Gasteiger partial charge in [0.15, 0.2) is 0 Å². The van der Waals surface area contributed by atoms with Gasteiger partial charge in [-0.15, -0.1) is 0 Å². The Morgan fingerprint density at radius 2 is 1.94 bits per heavy atom. The fourth-order valence-corrected chi connectivity index (χ4v) is 3.25. The lowest BCUT2D eigenvalue weighted by Gasteiger charge is -2.26. The largest absolute Gasteiger partial charge is 0.365 e. The highest BCUT2D eigenvalue weighted by atomic mass is 79.9. The van der Waals surface area contributed by atoms with Crippen LogP contribution in [0.4, 0.5) is 0 Å². The van der Waals surface area contributed by atoms with Crippen molar-refractivity contribution < 1.29 is 4.74 Å². The van der Waals surface area contributed by atoms with E-state index in [9.17, 15) is 0 Å². The molecule has 1 aliphatic rings. The van der Waals surface area contributed by atoms with Crippen LogP contribution in [-0.4, -0.2) is 11.9 Å². The summed E-state index contributed by atoms with van der Waals surface area (Å²) in [7, 11) is 0. The zero-order chi connectivity index (χ0) is 12.6. The maximum Gasteiger partial charge on any atom is 0.107 e. The number of fused-ring (bicyclic) bond motifs is 1. The number of hydrogen-bond donors (Lipinski definition) is 0. The molecule has 1 saturated heterocycles. The van der Waals surface area contributed by atoms with Gasteiger partial charge >= 0.3 is 0 Å². The predicted octanol–water partition coefficient (Wildman–Crippen LogP) is 4.41. The molecule has 0 saturated carbocycles. The third kappa shape index (κ3) is 1.90. The van der Waals surface area contributed by atoms with E-state index in [1.54, 1.807) is 0 Å². The second kappa shape index (κ2) is 4.52. The maximum absolute atomic E-state index is 5.99. The molecule has 0 radical (unpaired) electrons. The van der Waals surface area contributed by atoms with Gasteiger partial charge in [0.2, 0.25) is 0 Å². The van der Waals surface area contributed by atoms with Crippen molar-refractivity contribution in [2.45, 2.75) is 12.0 Å². The Morgan fingerprint density at radius 1 is 1.17 bits per heavy atom. The summed E-state index contributed by atoms with van der Waals surface area (Å²) in [6, 6.07) is 15.0.